The molecule has 0 aliphatic rings. The molecule has 0 aliphatic heterocycles. The second kappa shape index (κ2) is 4.49. The van der Waals surface area contributed by atoms with Gasteiger partial charge in [-0.05, 0) is 24.3 Å². The van der Waals surface area contributed by atoms with Crippen LogP contribution in [0.2, 0.25) is 5.02 Å². The van der Waals surface area contributed by atoms with Crippen molar-refractivity contribution in [1.29, 1.82) is 0 Å². The molecule has 0 radical (unpaired) electrons. The maximum atomic E-state index is 13.5. The van der Waals surface area contributed by atoms with Crippen LogP contribution in [0.4, 0.5) is 15.9 Å². The molecule has 0 bridgehead atoms. The molecule has 0 fully saturated rings. The van der Waals surface area contributed by atoms with Crippen LogP contribution in [0.3, 0.4) is 0 Å². The first-order chi connectivity index (χ1) is 7.68. The van der Waals surface area contributed by atoms with Crippen molar-refractivity contribution in [3.63, 3.8) is 0 Å². The molecule has 2 rings (SSSR count). The van der Waals surface area contributed by atoms with Gasteiger partial charge < -0.3 is 4.90 Å². The van der Waals surface area contributed by atoms with Gasteiger partial charge in [-0.3, -0.25) is 0 Å². The van der Waals surface area contributed by atoms with Crippen LogP contribution in [0.25, 0.3) is 0 Å². The van der Waals surface area contributed by atoms with Gasteiger partial charge in [0.2, 0.25) is 0 Å². The van der Waals surface area contributed by atoms with Crippen LogP contribution >= 0.6 is 11.6 Å². The molecule has 0 spiro atoms. The molecule has 0 saturated heterocycles. The molecule has 0 saturated carbocycles. The Kier molecular flexibility index (Phi) is 3.06. The molecule has 2 aromatic rings. The molecular weight excluding hydrogens is 227 g/mol. The number of rotatable bonds is 2. The van der Waals surface area contributed by atoms with E-state index in [-0.39, 0.29) is 5.82 Å². The van der Waals surface area contributed by atoms with Crippen LogP contribution in [0.5, 0.6) is 0 Å². The van der Waals surface area contributed by atoms with E-state index in [4.69, 9.17) is 11.6 Å². The molecule has 4 heteroatoms. The first-order valence-electron chi connectivity index (χ1n) is 4.78. The highest BCUT2D eigenvalue weighted by molar-refractivity contribution is 6.30. The van der Waals surface area contributed by atoms with E-state index in [9.17, 15) is 4.39 Å². The molecular formula is C12H10ClFN2. The molecule has 0 unspecified atom stereocenters. The standard InChI is InChI=1S/C12H10ClFN2/c1-16(11-5-3-2-4-10(11)14)12-7-6-9(13)8-15-12/h2-8H,1H3. The second-order valence-corrected chi connectivity index (χ2v) is 3.78. The highest BCUT2D eigenvalue weighted by Gasteiger charge is 2.09. The zero-order valence-electron chi connectivity index (χ0n) is 8.69. The minimum atomic E-state index is -0.276. The second-order valence-electron chi connectivity index (χ2n) is 3.35. The molecule has 2 nitrogen and oxygen atoms in total. The fourth-order valence-corrected chi connectivity index (χ4v) is 1.53. The van der Waals surface area contributed by atoms with E-state index in [2.05, 4.69) is 4.98 Å². The third-order valence-corrected chi connectivity index (χ3v) is 2.49. The Morgan fingerprint density at radius 2 is 1.94 bits per heavy atom. The normalized spacial score (nSPS) is 10.2. The zero-order chi connectivity index (χ0) is 11.5. The zero-order valence-corrected chi connectivity index (χ0v) is 9.45. The number of nitrogens with zero attached hydrogens (tertiary/aromatic N) is 2. The summed E-state index contributed by atoms with van der Waals surface area (Å²) in [6.45, 7) is 0. The third kappa shape index (κ3) is 2.14. The predicted octanol–water partition coefficient (Wildman–Crippen LogP) is 3.64. The lowest BCUT2D eigenvalue weighted by Crippen LogP contribution is -2.12. The SMILES string of the molecule is CN(c1ccc(Cl)cn1)c1ccccc1F. The third-order valence-electron chi connectivity index (χ3n) is 2.27. The van der Waals surface area contributed by atoms with Gasteiger partial charge in [-0.1, -0.05) is 23.7 Å². The molecule has 0 N–H and O–H groups in total. The van der Waals surface area contributed by atoms with E-state index in [1.807, 2.05) is 0 Å². The van der Waals surface area contributed by atoms with Gasteiger partial charge in [-0.15, -0.1) is 0 Å². The largest absolute Gasteiger partial charge is 0.327 e. The van der Waals surface area contributed by atoms with Gasteiger partial charge in [-0.25, -0.2) is 9.37 Å². The number of benzene rings is 1. The molecule has 1 heterocycles. The van der Waals surface area contributed by atoms with Crippen molar-refractivity contribution in [3.05, 3.63) is 53.4 Å². The van der Waals surface area contributed by atoms with E-state index in [1.165, 1.54) is 12.3 Å². The molecule has 0 aliphatic carbocycles. The van der Waals surface area contributed by atoms with Crippen LogP contribution < -0.4 is 4.90 Å². The van der Waals surface area contributed by atoms with Crippen molar-refractivity contribution in [1.82, 2.24) is 4.98 Å². The van der Waals surface area contributed by atoms with Crippen LogP contribution in [0.1, 0.15) is 0 Å². The Bertz CT molecular complexity index is 485. The summed E-state index contributed by atoms with van der Waals surface area (Å²) in [7, 11) is 1.76. The van der Waals surface area contributed by atoms with E-state index in [0.29, 0.717) is 16.5 Å². The maximum absolute atomic E-state index is 13.5. The van der Waals surface area contributed by atoms with Gasteiger partial charge in [0.1, 0.15) is 11.6 Å². The Morgan fingerprint density at radius 3 is 2.56 bits per heavy atom. The molecule has 82 valence electrons. The van der Waals surface area contributed by atoms with Crippen LogP contribution in [-0.2, 0) is 0 Å². The van der Waals surface area contributed by atoms with Crippen molar-refractivity contribution < 1.29 is 4.39 Å². The minimum absolute atomic E-state index is 0.276. The van der Waals surface area contributed by atoms with Gasteiger partial charge in [0.25, 0.3) is 0 Å². The molecule has 1 aromatic carbocycles. The van der Waals surface area contributed by atoms with Crippen molar-refractivity contribution in [3.8, 4) is 0 Å². The van der Waals surface area contributed by atoms with Crippen LogP contribution in [0.15, 0.2) is 42.6 Å². The lowest BCUT2D eigenvalue weighted by molar-refractivity contribution is 0.627. The van der Waals surface area contributed by atoms with Crippen LogP contribution in [-0.4, -0.2) is 12.0 Å². The Balaban J connectivity index is 2.35. The highest BCUT2D eigenvalue weighted by atomic mass is 35.5. The number of hydrogen-bond donors (Lipinski definition) is 0. The fourth-order valence-electron chi connectivity index (χ4n) is 1.41. The summed E-state index contributed by atoms with van der Waals surface area (Å²) in [6.07, 6.45) is 1.54. The number of aromatic nitrogens is 1. The van der Waals surface area contributed by atoms with Gasteiger partial charge in [-0.2, -0.15) is 0 Å². The molecule has 16 heavy (non-hydrogen) atoms. The van der Waals surface area contributed by atoms with Gasteiger partial charge in [0, 0.05) is 13.2 Å². The number of halogens is 2. The summed E-state index contributed by atoms with van der Waals surface area (Å²) in [4.78, 5) is 5.80. The van der Waals surface area contributed by atoms with E-state index in [1.54, 1.807) is 42.3 Å². The predicted molar refractivity (Wildman–Crippen MR) is 63.7 cm³/mol. The number of hydrogen-bond acceptors (Lipinski definition) is 2. The van der Waals surface area contributed by atoms with Gasteiger partial charge >= 0.3 is 0 Å². The highest BCUT2D eigenvalue weighted by Crippen LogP contribution is 2.24. The van der Waals surface area contributed by atoms with E-state index >= 15 is 0 Å². The Morgan fingerprint density at radius 1 is 1.19 bits per heavy atom. The minimum Gasteiger partial charge on any atom is -0.327 e. The number of pyridine rings is 1. The lowest BCUT2D eigenvalue weighted by atomic mass is 10.3. The Labute approximate surface area is 98.3 Å². The average molecular weight is 237 g/mol. The summed E-state index contributed by atoms with van der Waals surface area (Å²) in [5.41, 5.74) is 0.484. The first-order valence-corrected chi connectivity index (χ1v) is 5.16. The number of para-hydroxylation sites is 1. The van der Waals surface area contributed by atoms with Crippen molar-refractivity contribution >= 4 is 23.1 Å². The average Bonchev–Trinajstić information content (AvgIpc) is 2.30. The van der Waals surface area contributed by atoms with Crippen LogP contribution in [0, 0.1) is 5.82 Å². The summed E-state index contributed by atoms with van der Waals surface area (Å²) >= 11 is 5.74. The summed E-state index contributed by atoms with van der Waals surface area (Å²) in [5, 5.41) is 0.561. The van der Waals surface area contributed by atoms with Crippen molar-refractivity contribution in [2.24, 2.45) is 0 Å². The first kappa shape index (κ1) is 10.9. The molecule has 0 amide bonds. The van der Waals surface area contributed by atoms with Gasteiger partial charge in [0.05, 0.1) is 10.7 Å². The maximum Gasteiger partial charge on any atom is 0.146 e. The van der Waals surface area contributed by atoms with E-state index < -0.39 is 0 Å². The fraction of sp³-hybridized carbons (Fsp3) is 0.0833. The van der Waals surface area contributed by atoms with E-state index in [0.717, 1.165) is 0 Å². The van der Waals surface area contributed by atoms with Crippen molar-refractivity contribution in [2.75, 3.05) is 11.9 Å². The summed E-state index contributed by atoms with van der Waals surface area (Å²) in [6, 6.07) is 10.0. The summed E-state index contributed by atoms with van der Waals surface area (Å²) in [5.74, 6) is 0.372. The lowest BCUT2D eigenvalue weighted by Gasteiger charge is -2.18. The quantitative estimate of drug-likeness (QED) is 0.791. The summed E-state index contributed by atoms with van der Waals surface area (Å²) < 4.78 is 13.5. The Hall–Kier alpha value is -1.61. The van der Waals surface area contributed by atoms with Gasteiger partial charge in [0.15, 0.2) is 0 Å². The monoisotopic (exact) mass is 236 g/mol. The smallest absolute Gasteiger partial charge is 0.146 e. The number of anilines is 2. The van der Waals surface area contributed by atoms with Crippen molar-refractivity contribution in [2.45, 2.75) is 0 Å². The molecule has 1 aromatic heterocycles. The molecule has 0 atom stereocenters. The topological polar surface area (TPSA) is 16.1 Å².